The molecule has 2 aromatic heterocycles. The van der Waals surface area contributed by atoms with Crippen molar-refractivity contribution in [1.82, 2.24) is 4.98 Å². The molecule has 0 atom stereocenters. The molecule has 20 heavy (non-hydrogen) atoms. The van der Waals surface area contributed by atoms with Gasteiger partial charge in [-0.3, -0.25) is 0 Å². The van der Waals surface area contributed by atoms with Crippen molar-refractivity contribution in [3.8, 4) is 10.6 Å². The van der Waals surface area contributed by atoms with Crippen LogP contribution in [0.3, 0.4) is 0 Å². The van der Waals surface area contributed by atoms with E-state index in [9.17, 15) is 0 Å². The van der Waals surface area contributed by atoms with Gasteiger partial charge in [0.15, 0.2) is 0 Å². The van der Waals surface area contributed by atoms with E-state index >= 15 is 0 Å². The fourth-order valence-corrected chi connectivity index (χ4v) is 3.64. The second-order valence-corrected chi connectivity index (χ2v) is 6.47. The van der Waals surface area contributed by atoms with Gasteiger partial charge in [-0.2, -0.15) is 11.3 Å². The first-order chi connectivity index (χ1) is 9.72. The Morgan fingerprint density at radius 3 is 2.80 bits per heavy atom. The summed E-state index contributed by atoms with van der Waals surface area (Å²) < 4.78 is 0. The highest BCUT2D eigenvalue weighted by Crippen LogP contribution is 2.26. The Hall–Kier alpha value is -1.65. The second kappa shape index (κ2) is 5.77. The summed E-state index contributed by atoms with van der Waals surface area (Å²) in [5.74, 6) is 0. The van der Waals surface area contributed by atoms with Gasteiger partial charge < -0.3 is 5.32 Å². The highest BCUT2D eigenvalue weighted by Gasteiger charge is 2.05. The molecule has 0 radical (unpaired) electrons. The molecule has 0 aliphatic rings. The van der Waals surface area contributed by atoms with E-state index in [1.54, 1.807) is 22.7 Å². The summed E-state index contributed by atoms with van der Waals surface area (Å²) in [6.45, 7) is 5.02. The molecule has 3 rings (SSSR count). The zero-order valence-corrected chi connectivity index (χ0v) is 13.1. The first-order valence-corrected chi connectivity index (χ1v) is 8.33. The van der Waals surface area contributed by atoms with Gasteiger partial charge in [0.05, 0.1) is 12.2 Å². The summed E-state index contributed by atoms with van der Waals surface area (Å²) in [6.07, 6.45) is 0. The maximum absolute atomic E-state index is 4.68. The lowest BCUT2D eigenvalue weighted by Gasteiger charge is -2.08. The molecule has 0 unspecified atom stereocenters. The van der Waals surface area contributed by atoms with E-state index < -0.39 is 0 Å². The van der Waals surface area contributed by atoms with E-state index in [1.807, 2.05) is 0 Å². The van der Waals surface area contributed by atoms with Crippen molar-refractivity contribution in [3.05, 3.63) is 57.2 Å². The third-order valence-corrected chi connectivity index (χ3v) is 4.79. The molecular formula is C16H16N2S2. The number of nitrogens with zero attached hydrogens (tertiary/aromatic N) is 1. The van der Waals surface area contributed by atoms with Crippen LogP contribution < -0.4 is 5.32 Å². The van der Waals surface area contributed by atoms with Crippen LogP contribution >= 0.6 is 22.7 Å². The number of rotatable bonds is 4. The van der Waals surface area contributed by atoms with Crippen LogP contribution in [0.1, 0.15) is 16.8 Å². The Balaban J connectivity index is 1.70. The quantitative estimate of drug-likeness (QED) is 0.725. The summed E-state index contributed by atoms with van der Waals surface area (Å²) in [5, 5.41) is 10.9. The van der Waals surface area contributed by atoms with Gasteiger partial charge in [0.2, 0.25) is 0 Å². The molecular weight excluding hydrogens is 284 g/mol. The summed E-state index contributed by atoms with van der Waals surface area (Å²) in [4.78, 5) is 4.68. The van der Waals surface area contributed by atoms with E-state index in [0.717, 1.165) is 17.2 Å². The molecule has 1 N–H and O–H groups in total. The number of thiophene rings is 1. The number of hydrogen-bond acceptors (Lipinski definition) is 4. The fraction of sp³-hybridized carbons (Fsp3) is 0.188. The van der Waals surface area contributed by atoms with Crippen molar-refractivity contribution in [3.63, 3.8) is 0 Å². The first kappa shape index (κ1) is 13.3. The molecule has 0 amide bonds. The van der Waals surface area contributed by atoms with E-state index in [0.29, 0.717) is 0 Å². The van der Waals surface area contributed by atoms with Crippen LogP contribution in [0.2, 0.25) is 0 Å². The third-order valence-electron chi connectivity index (χ3n) is 3.16. The molecule has 4 heteroatoms. The van der Waals surface area contributed by atoms with Crippen LogP contribution in [0.15, 0.2) is 40.4 Å². The summed E-state index contributed by atoms with van der Waals surface area (Å²) >= 11 is 3.41. The van der Waals surface area contributed by atoms with Crippen molar-refractivity contribution in [2.24, 2.45) is 0 Å². The first-order valence-electron chi connectivity index (χ1n) is 6.50. The highest BCUT2D eigenvalue weighted by molar-refractivity contribution is 7.14. The van der Waals surface area contributed by atoms with E-state index in [4.69, 9.17) is 0 Å². The smallest absolute Gasteiger partial charge is 0.124 e. The maximum Gasteiger partial charge on any atom is 0.124 e. The number of aromatic nitrogens is 1. The standard InChI is InChI=1S/C16H16N2S2/c1-11-3-4-15(12(2)7-11)17-8-14-10-20-16(18-14)13-5-6-19-9-13/h3-7,9-10,17H,8H2,1-2H3. The molecule has 0 fully saturated rings. The number of hydrogen-bond donors (Lipinski definition) is 1. The average Bonchev–Trinajstić information content (AvgIpc) is 3.08. The van der Waals surface area contributed by atoms with Crippen LogP contribution in [0, 0.1) is 13.8 Å². The molecule has 0 saturated heterocycles. The average molecular weight is 300 g/mol. The van der Waals surface area contributed by atoms with E-state index in [1.165, 1.54) is 22.4 Å². The molecule has 0 saturated carbocycles. The van der Waals surface area contributed by atoms with Crippen molar-refractivity contribution in [2.75, 3.05) is 5.32 Å². The van der Waals surface area contributed by atoms with Gasteiger partial charge in [-0.25, -0.2) is 4.98 Å². The summed E-state index contributed by atoms with van der Waals surface area (Å²) in [5.41, 5.74) is 6.06. The molecule has 3 aromatic rings. The predicted octanol–water partition coefficient (Wildman–Crippen LogP) is 5.10. The Labute approximate surface area is 127 Å². The number of benzene rings is 1. The van der Waals surface area contributed by atoms with Gasteiger partial charge in [-0.1, -0.05) is 17.7 Å². The largest absolute Gasteiger partial charge is 0.379 e. The Kier molecular flexibility index (Phi) is 3.85. The van der Waals surface area contributed by atoms with Gasteiger partial charge >= 0.3 is 0 Å². The Bertz CT molecular complexity index is 699. The Morgan fingerprint density at radius 2 is 2.05 bits per heavy atom. The normalized spacial score (nSPS) is 10.7. The molecule has 0 bridgehead atoms. The van der Waals surface area contributed by atoms with Gasteiger partial charge in [0.1, 0.15) is 5.01 Å². The lowest BCUT2D eigenvalue weighted by molar-refractivity contribution is 1.07. The van der Waals surface area contributed by atoms with Crippen LogP contribution in [0.4, 0.5) is 5.69 Å². The minimum Gasteiger partial charge on any atom is -0.379 e. The molecule has 2 heterocycles. The Morgan fingerprint density at radius 1 is 1.15 bits per heavy atom. The minimum absolute atomic E-state index is 0.768. The second-order valence-electron chi connectivity index (χ2n) is 4.83. The molecule has 0 aliphatic carbocycles. The van der Waals surface area contributed by atoms with E-state index in [2.05, 4.69) is 64.6 Å². The van der Waals surface area contributed by atoms with Gasteiger partial charge in [0, 0.05) is 22.0 Å². The zero-order valence-electron chi connectivity index (χ0n) is 11.5. The molecule has 0 aliphatic heterocycles. The SMILES string of the molecule is Cc1ccc(NCc2csc(-c3ccsc3)n2)c(C)c1. The number of anilines is 1. The lowest BCUT2D eigenvalue weighted by Crippen LogP contribution is -2.01. The van der Waals surface area contributed by atoms with E-state index in [-0.39, 0.29) is 0 Å². The maximum atomic E-state index is 4.68. The number of thiazole rings is 1. The monoisotopic (exact) mass is 300 g/mol. The highest BCUT2D eigenvalue weighted by atomic mass is 32.1. The van der Waals surface area contributed by atoms with Crippen molar-refractivity contribution in [1.29, 1.82) is 0 Å². The topological polar surface area (TPSA) is 24.9 Å². The van der Waals surface area contributed by atoms with Gasteiger partial charge in [0.25, 0.3) is 0 Å². The summed E-state index contributed by atoms with van der Waals surface area (Å²) in [6, 6.07) is 8.58. The van der Waals surface area contributed by atoms with Crippen LogP contribution in [0.25, 0.3) is 10.6 Å². The van der Waals surface area contributed by atoms with Crippen molar-refractivity contribution < 1.29 is 0 Å². The molecule has 0 spiro atoms. The van der Waals surface area contributed by atoms with Crippen molar-refractivity contribution in [2.45, 2.75) is 20.4 Å². The molecule has 1 aromatic carbocycles. The van der Waals surface area contributed by atoms with Crippen molar-refractivity contribution >= 4 is 28.4 Å². The fourth-order valence-electron chi connectivity index (χ4n) is 2.10. The van der Waals surface area contributed by atoms with Crippen LogP contribution in [-0.2, 0) is 6.54 Å². The third kappa shape index (κ3) is 2.92. The van der Waals surface area contributed by atoms with Crippen LogP contribution in [-0.4, -0.2) is 4.98 Å². The summed E-state index contributed by atoms with van der Waals surface area (Å²) in [7, 11) is 0. The number of aryl methyl sites for hydroxylation is 2. The van der Waals surface area contributed by atoms with Crippen LogP contribution in [0.5, 0.6) is 0 Å². The predicted molar refractivity (Wildman–Crippen MR) is 88.7 cm³/mol. The lowest BCUT2D eigenvalue weighted by atomic mass is 10.1. The zero-order chi connectivity index (χ0) is 13.9. The molecule has 2 nitrogen and oxygen atoms in total. The van der Waals surface area contributed by atoms with Gasteiger partial charge in [-0.15, -0.1) is 11.3 Å². The minimum atomic E-state index is 0.768. The van der Waals surface area contributed by atoms with Gasteiger partial charge in [-0.05, 0) is 36.9 Å². The number of nitrogens with one attached hydrogen (secondary N) is 1. The molecule has 102 valence electrons.